The van der Waals surface area contributed by atoms with Crippen LogP contribution in [0.2, 0.25) is 0 Å². The number of furan rings is 1. The van der Waals surface area contributed by atoms with Crippen molar-refractivity contribution in [3.63, 3.8) is 0 Å². The summed E-state index contributed by atoms with van der Waals surface area (Å²) in [6.45, 7) is 0. The highest BCUT2D eigenvalue weighted by Crippen LogP contribution is 2.50. The van der Waals surface area contributed by atoms with Gasteiger partial charge in [-0.05, 0) is 98.2 Å². The van der Waals surface area contributed by atoms with E-state index in [0.29, 0.717) is 0 Å². The monoisotopic (exact) mass is 795 g/mol. The lowest BCUT2D eigenvalue weighted by Gasteiger charge is -2.28. The van der Waals surface area contributed by atoms with Crippen LogP contribution in [0.3, 0.4) is 0 Å². The fourth-order valence-electron chi connectivity index (χ4n) is 9.27. The molecule has 0 unspecified atom stereocenters. The summed E-state index contributed by atoms with van der Waals surface area (Å²) in [5, 5.41) is 7.12. The Labute approximate surface area is 357 Å². The summed E-state index contributed by atoms with van der Waals surface area (Å²) in [6, 6.07) is 81.1. The predicted molar refractivity (Wildman–Crippen MR) is 261 cm³/mol. The van der Waals surface area contributed by atoms with Crippen molar-refractivity contribution in [1.82, 2.24) is 0 Å². The van der Waals surface area contributed by atoms with E-state index in [4.69, 9.17) is 4.42 Å². The number of anilines is 3. The van der Waals surface area contributed by atoms with E-state index < -0.39 is 0 Å². The third-order valence-electron chi connectivity index (χ3n) is 12.1. The van der Waals surface area contributed by atoms with Gasteiger partial charge in [-0.1, -0.05) is 176 Å². The summed E-state index contributed by atoms with van der Waals surface area (Å²) < 4.78 is 9.36. The standard InChI is InChI=1S/C58H37NOS/c1-4-15-38(16-5-1)43-30-34-49-54(37-43)61-53-26-14-24-50(56(49)53)59(51-36-35-47(40-19-8-3-9-20-40)58-57(51)48-23-12-13-25-52(48)60-58)44-31-27-42(28-32-44)55-45-22-11-10-21-41(45)29-33-46(55)39-17-6-2-7-18-39/h1-37H. The molecule has 12 rings (SSSR count). The van der Waals surface area contributed by atoms with E-state index in [2.05, 4.69) is 229 Å². The van der Waals surface area contributed by atoms with Crippen molar-refractivity contribution in [3.8, 4) is 44.5 Å². The van der Waals surface area contributed by atoms with Gasteiger partial charge in [-0.3, -0.25) is 0 Å². The van der Waals surface area contributed by atoms with Crippen molar-refractivity contribution < 1.29 is 4.42 Å². The maximum Gasteiger partial charge on any atom is 0.145 e. The summed E-state index contributed by atoms with van der Waals surface area (Å²) in [5.74, 6) is 0. The number of para-hydroxylation sites is 1. The first-order valence-corrected chi connectivity index (χ1v) is 21.6. The van der Waals surface area contributed by atoms with Gasteiger partial charge in [0.05, 0.1) is 16.8 Å². The average molecular weight is 796 g/mol. The molecular formula is C58H37NOS. The van der Waals surface area contributed by atoms with Crippen LogP contribution < -0.4 is 4.90 Å². The molecular weight excluding hydrogens is 759 g/mol. The number of thiophene rings is 1. The third kappa shape index (κ3) is 5.93. The molecule has 0 bridgehead atoms. The Bertz CT molecular complexity index is 3570. The molecule has 3 heteroatoms. The number of fused-ring (bicyclic) bond motifs is 7. The summed E-state index contributed by atoms with van der Waals surface area (Å²) in [7, 11) is 0. The number of nitrogens with zero attached hydrogens (tertiary/aromatic N) is 1. The van der Waals surface area contributed by atoms with Crippen LogP contribution in [0.15, 0.2) is 229 Å². The van der Waals surface area contributed by atoms with Crippen molar-refractivity contribution in [2.24, 2.45) is 0 Å². The molecule has 0 radical (unpaired) electrons. The van der Waals surface area contributed by atoms with Crippen molar-refractivity contribution in [2.45, 2.75) is 0 Å². The smallest absolute Gasteiger partial charge is 0.145 e. The summed E-state index contributed by atoms with van der Waals surface area (Å²) in [5.41, 5.74) is 14.5. The fourth-order valence-corrected chi connectivity index (χ4v) is 10.4. The molecule has 0 saturated heterocycles. The second-order valence-electron chi connectivity index (χ2n) is 15.6. The van der Waals surface area contributed by atoms with Crippen molar-refractivity contribution in [2.75, 3.05) is 4.90 Å². The molecule has 10 aromatic carbocycles. The normalized spacial score (nSPS) is 11.6. The summed E-state index contributed by atoms with van der Waals surface area (Å²) >= 11 is 1.86. The molecule has 0 N–H and O–H groups in total. The first-order chi connectivity index (χ1) is 30.3. The van der Waals surface area contributed by atoms with E-state index >= 15 is 0 Å². The van der Waals surface area contributed by atoms with Crippen molar-refractivity contribution in [1.29, 1.82) is 0 Å². The number of hydrogen-bond donors (Lipinski definition) is 0. The minimum atomic E-state index is 0.870. The molecule has 0 amide bonds. The lowest BCUT2D eigenvalue weighted by molar-refractivity contribution is 0.670. The van der Waals surface area contributed by atoms with Gasteiger partial charge in [0.15, 0.2) is 0 Å². The highest BCUT2D eigenvalue weighted by molar-refractivity contribution is 7.26. The molecule has 0 saturated carbocycles. The van der Waals surface area contributed by atoms with Crippen LogP contribution in [0, 0.1) is 0 Å². The predicted octanol–water partition coefficient (Wildman–Crippen LogP) is 17.2. The van der Waals surface area contributed by atoms with E-state index in [1.54, 1.807) is 0 Å². The van der Waals surface area contributed by atoms with Crippen LogP contribution in [0.1, 0.15) is 0 Å². The van der Waals surface area contributed by atoms with Crippen LogP contribution in [-0.2, 0) is 0 Å². The van der Waals surface area contributed by atoms with Gasteiger partial charge in [0.25, 0.3) is 0 Å². The SMILES string of the molecule is c1ccc(-c2ccc3c(c2)sc2cccc(N(c4ccc(-c5c(-c6ccccc6)ccc6ccccc56)cc4)c4ccc(-c5ccccc5)c5oc6ccccc6c45)c23)cc1. The average Bonchev–Trinajstić information content (AvgIpc) is 3.92. The zero-order valence-corrected chi connectivity index (χ0v) is 33.9. The Morgan fingerprint density at radius 3 is 1.75 bits per heavy atom. The lowest BCUT2D eigenvalue weighted by Crippen LogP contribution is -2.11. The maximum atomic E-state index is 6.85. The first-order valence-electron chi connectivity index (χ1n) is 20.7. The van der Waals surface area contributed by atoms with Crippen LogP contribution in [0.25, 0.3) is 97.4 Å². The second kappa shape index (κ2) is 14.5. The van der Waals surface area contributed by atoms with Gasteiger partial charge in [0.2, 0.25) is 0 Å². The molecule has 12 aromatic rings. The molecule has 2 aromatic heterocycles. The van der Waals surface area contributed by atoms with E-state index in [9.17, 15) is 0 Å². The van der Waals surface area contributed by atoms with Gasteiger partial charge in [0, 0.05) is 36.8 Å². The van der Waals surface area contributed by atoms with Gasteiger partial charge >= 0.3 is 0 Å². The van der Waals surface area contributed by atoms with E-state index in [1.165, 1.54) is 64.3 Å². The van der Waals surface area contributed by atoms with E-state index in [0.717, 1.165) is 50.1 Å². The van der Waals surface area contributed by atoms with E-state index in [-0.39, 0.29) is 0 Å². The Kier molecular flexibility index (Phi) is 8.39. The molecule has 0 spiro atoms. The zero-order valence-electron chi connectivity index (χ0n) is 33.1. The highest BCUT2D eigenvalue weighted by Gasteiger charge is 2.25. The van der Waals surface area contributed by atoms with Crippen LogP contribution in [-0.4, -0.2) is 0 Å². The molecule has 0 aliphatic heterocycles. The van der Waals surface area contributed by atoms with Crippen molar-refractivity contribution in [3.05, 3.63) is 224 Å². The van der Waals surface area contributed by atoms with Crippen LogP contribution in [0.4, 0.5) is 17.1 Å². The minimum Gasteiger partial charge on any atom is -0.455 e. The largest absolute Gasteiger partial charge is 0.455 e. The van der Waals surface area contributed by atoms with Gasteiger partial charge in [0.1, 0.15) is 11.2 Å². The van der Waals surface area contributed by atoms with Gasteiger partial charge in [-0.25, -0.2) is 0 Å². The molecule has 61 heavy (non-hydrogen) atoms. The molecule has 2 nitrogen and oxygen atoms in total. The van der Waals surface area contributed by atoms with Crippen LogP contribution in [0.5, 0.6) is 0 Å². The Balaban J connectivity index is 1.12. The molecule has 0 aliphatic carbocycles. The summed E-state index contributed by atoms with van der Waals surface area (Å²) in [4.78, 5) is 2.46. The zero-order chi connectivity index (χ0) is 40.3. The van der Waals surface area contributed by atoms with Crippen molar-refractivity contribution >= 4 is 81.3 Å². The first kappa shape index (κ1) is 35.2. The number of benzene rings is 10. The van der Waals surface area contributed by atoms with Gasteiger partial charge in [-0.15, -0.1) is 11.3 Å². The van der Waals surface area contributed by atoms with Gasteiger partial charge < -0.3 is 9.32 Å². The highest BCUT2D eigenvalue weighted by atomic mass is 32.1. The number of rotatable bonds is 7. The molecule has 0 atom stereocenters. The number of hydrogen-bond acceptors (Lipinski definition) is 3. The molecule has 0 fully saturated rings. The fraction of sp³-hybridized carbons (Fsp3) is 0. The lowest BCUT2D eigenvalue weighted by atomic mass is 9.89. The topological polar surface area (TPSA) is 16.4 Å². The minimum absolute atomic E-state index is 0.870. The summed E-state index contributed by atoms with van der Waals surface area (Å²) in [6.07, 6.45) is 0. The Morgan fingerprint density at radius 1 is 0.361 bits per heavy atom. The molecule has 286 valence electrons. The van der Waals surface area contributed by atoms with Crippen LogP contribution >= 0.6 is 11.3 Å². The van der Waals surface area contributed by atoms with Gasteiger partial charge in [-0.2, -0.15) is 0 Å². The maximum absolute atomic E-state index is 6.85. The Hall–Kier alpha value is -7.72. The second-order valence-corrected chi connectivity index (χ2v) is 16.7. The molecule has 0 aliphatic rings. The molecule has 2 heterocycles. The quantitative estimate of drug-likeness (QED) is 0.160. The Morgan fingerprint density at radius 2 is 0.984 bits per heavy atom. The van der Waals surface area contributed by atoms with E-state index in [1.807, 2.05) is 11.3 Å². The third-order valence-corrected chi connectivity index (χ3v) is 13.2.